The maximum Gasteiger partial charge on any atom is 0.226 e. The summed E-state index contributed by atoms with van der Waals surface area (Å²) >= 11 is 1.90. The number of thioether (sulfide) groups is 1. The third-order valence-corrected chi connectivity index (χ3v) is 5.87. The molecule has 2 saturated heterocycles. The van der Waals surface area contributed by atoms with Crippen LogP contribution in [0.25, 0.3) is 0 Å². The highest BCUT2D eigenvalue weighted by molar-refractivity contribution is 7.99. The van der Waals surface area contributed by atoms with Gasteiger partial charge in [-0.3, -0.25) is 4.79 Å². The van der Waals surface area contributed by atoms with Gasteiger partial charge in [0.05, 0.1) is 13.2 Å². The highest BCUT2D eigenvalue weighted by Gasteiger charge is 2.42. The summed E-state index contributed by atoms with van der Waals surface area (Å²) in [6.07, 6.45) is 4.91. The van der Waals surface area contributed by atoms with Gasteiger partial charge in [-0.05, 0) is 25.0 Å². The first kappa shape index (κ1) is 13.7. The highest BCUT2D eigenvalue weighted by Crippen LogP contribution is 2.37. The molecule has 108 valence electrons. The molecule has 1 atom stereocenters. The van der Waals surface area contributed by atoms with E-state index in [0.29, 0.717) is 11.9 Å². The molecule has 3 fully saturated rings. The van der Waals surface area contributed by atoms with Crippen LogP contribution >= 0.6 is 11.8 Å². The van der Waals surface area contributed by atoms with Crippen molar-refractivity contribution in [3.8, 4) is 0 Å². The van der Waals surface area contributed by atoms with E-state index in [4.69, 9.17) is 9.47 Å². The molecule has 1 amide bonds. The van der Waals surface area contributed by atoms with E-state index >= 15 is 0 Å². The Labute approximate surface area is 119 Å². The smallest absolute Gasteiger partial charge is 0.226 e. The maximum absolute atomic E-state index is 12.4. The summed E-state index contributed by atoms with van der Waals surface area (Å²) in [6.45, 7) is 1.44. The van der Waals surface area contributed by atoms with Gasteiger partial charge in [0.15, 0.2) is 5.79 Å². The molecule has 0 bridgehead atoms. The SMILES string of the molecule is CN(C(=O)C1CCSC1)C1CCC2(CC1)OCCO2. The molecule has 1 saturated carbocycles. The first-order valence-corrected chi connectivity index (χ1v) is 8.48. The van der Waals surface area contributed by atoms with E-state index in [1.165, 1.54) is 0 Å². The Morgan fingerprint density at radius 1 is 1.21 bits per heavy atom. The van der Waals surface area contributed by atoms with Crippen LogP contribution in [0.3, 0.4) is 0 Å². The van der Waals surface area contributed by atoms with E-state index in [-0.39, 0.29) is 11.7 Å². The number of amides is 1. The molecular weight excluding hydrogens is 262 g/mol. The van der Waals surface area contributed by atoms with E-state index in [0.717, 1.165) is 56.8 Å². The minimum Gasteiger partial charge on any atom is -0.348 e. The van der Waals surface area contributed by atoms with Crippen LogP contribution in [0.15, 0.2) is 0 Å². The van der Waals surface area contributed by atoms with E-state index < -0.39 is 0 Å². The van der Waals surface area contributed by atoms with Gasteiger partial charge >= 0.3 is 0 Å². The van der Waals surface area contributed by atoms with Gasteiger partial charge in [0.2, 0.25) is 5.91 Å². The topological polar surface area (TPSA) is 38.8 Å². The van der Waals surface area contributed by atoms with Crippen molar-refractivity contribution >= 4 is 17.7 Å². The lowest BCUT2D eigenvalue weighted by atomic mass is 9.88. The Bertz CT molecular complexity index is 328. The lowest BCUT2D eigenvalue weighted by Gasteiger charge is -2.39. The Hall–Kier alpha value is -0.260. The van der Waals surface area contributed by atoms with Crippen molar-refractivity contribution in [2.24, 2.45) is 5.92 Å². The number of carbonyl (C=O) groups excluding carboxylic acids is 1. The van der Waals surface area contributed by atoms with Crippen LogP contribution in [0.1, 0.15) is 32.1 Å². The number of nitrogens with zero attached hydrogens (tertiary/aromatic N) is 1. The van der Waals surface area contributed by atoms with Gasteiger partial charge in [0.25, 0.3) is 0 Å². The maximum atomic E-state index is 12.4. The van der Waals surface area contributed by atoms with Gasteiger partial charge in [0.1, 0.15) is 0 Å². The molecule has 3 rings (SSSR count). The molecule has 1 aliphatic carbocycles. The average Bonchev–Trinajstić information content (AvgIpc) is 3.10. The zero-order chi connectivity index (χ0) is 13.3. The monoisotopic (exact) mass is 285 g/mol. The Kier molecular flexibility index (Phi) is 4.06. The molecule has 3 aliphatic rings. The summed E-state index contributed by atoms with van der Waals surface area (Å²) in [7, 11) is 1.98. The summed E-state index contributed by atoms with van der Waals surface area (Å²) in [5.74, 6) is 2.43. The average molecular weight is 285 g/mol. The fourth-order valence-corrected chi connectivity index (χ4v) is 4.62. The molecule has 2 aliphatic heterocycles. The van der Waals surface area contributed by atoms with Crippen LogP contribution in [-0.4, -0.2) is 54.4 Å². The zero-order valence-electron chi connectivity index (χ0n) is 11.6. The third kappa shape index (κ3) is 2.78. The van der Waals surface area contributed by atoms with Crippen molar-refractivity contribution in [2.45, 2.75) is 43.9 Å². The largest absolute Gasteiger partial charge is 0.348 e. The molecule has 1 unspecified atom stereocenters. The number of hydrogen-bond donors (Lipinski definition) is 0. The molecule has 2 heterocycles. The second-order valence-corrected chi connectivity index (χ2v) is 7.00. The summed E-state index contributed by atoms with van der Waals surface area (Å²) in [5, 5.41) is 0. The molecule has 0 aromatic rings. The number of hydrogen-bond acceptors (Lipinski definition) is 4. The Morgan fingerprint density at radius 3 is 2.47 bits per heavy atom. The minimum atomic E-state index is -0.316. The normalized spacial score (nSPS) is 30.9. The quantitative estimate of drug-likeness (QED) is 0.776. The molecular formula is C14H23NO3S. The van der Waals surface area contributed by atoms with Crippen molar-refractivity contribution in [1.29, 1.82) is 0 Å². The van der Waals surface area contributed by atoms with Crippen molar-refractivity contribution in [3.63, 3.8) is 0 Å². The van der Waals surface area contributed by atoms with Crippen molar-refractivity contribution < 1.29 is 14.3 Å². The third-order valence-electron chi connectivity index (χ3n) is 4.70. The molecule has 0 aromatic heterocycles. The summed E-state index contributed by atoms with van der Waals surface area (Å²) < 4.78 is 11.5. The molecule has 0 aromatic carbocycles. The predicted octanol–water partition coefficient (Wildman–Crippen LogP) is 1.88. The zero-order valence-corrected chi connectivity index (χ0v) is 12.4. The Balaban J connectivity index is 1.54. The van der Waals surface area contributed by atoms with Crippen molar-refractivity contribution in [2.75, 3.05) is 31.8 Å². The first-order valence-electron chi connectivity index (χ1n) is 7.32. The van der Waals surface area contributed by atoms with Gasteiger partial charge in [-0.15, -0.1) is 0 Å². The second-order valence-electron chi connectivity index (χ2n) is 5.85. The number of rotatable bonds is 2. The van der Waals surface area contributed by atoms with Gasteiger partial charge < -0.3 is 14.4 Å². The molecule has 0 radical (unpaired) electrons. The highest BCUT2D eigenvalue weighted by atomic mass is 32.2. The van der Waals surface area contributed by atoms with Crippen molar-refractivity contribution in [1.82, 2.24) is 4.90 Å². The molecule has 5 heteroatoms. The molecule has 4 nitrogen and oxygen atoms in total. The lowest BCUT2D eigenvalue weighted by molar-refractivity contribution is -0.184. The summed E-state index contributed by atoms with van der Waals surface area (Å²) in [5.41, 5.74) is 0. The van der Waals surface area contributed by atoms with E-state index in [1.54, 1.807) is 0 Å². The van der Waals surface area contributed by atoms with Gasteiger partial charge in [0, 0.05) is 37.6 Å². The number of ether oxygens (including phenoxy) is 2. The van der Waals surface area contributed by atoms with Crippen LogP contribution in [0.2, 0.25) is 0 Å². The van der Waals surface area contributed by atoms with Gasteiger partial charge in [-0.2, -0.15) is 11.8 Å². The van der Waals surface area contributed by atoms with E-state index in [2.05, 4.69) is 0 Å². The molecule has 19 heavy (non-hydrogen) atoms. The van der Waals surface area contributed by atoms with Gasteiger partial charge in [-0.1, -0.05) is 0 Å². The lowest BCUT2D eigenvalue weighted by Crippen LogP contribution is -2.46. The molecule has 1 spiro atoms. The Morgan fingerprint density at radius 2 is 1.89 bits per heavy atom. The molecule has 0 N–H and O–H groups in total. The summed E-state index contributed by atoms with van der Waals surface area (Å²) in [6, 6.07) is 0.372. The van der Waals surface area contributed by atoms with Crippen molar-refractivity contribution in [3.05, 3.63) is 0 Å². The predicted molar refractivity (Wildman–Crippen MR) is 75.1 cm³/mol. The standard InChI is InChI=1S/C14H23NO3S/c1-15(13(16)11-4-9-19-10-11)12-2-5-14(6-3-12)17-7-8-18-14/h11-12H,2-10H2,1H3. The minimum absolute atomic E-state index is 0.255. The van der Waals surface area contributed by atoms with Crippen LogP contribution in [0, 0.1) is 5.92 Å². The van der Waals surface area contributed by atoms with E-state index in [9.17, 15) is 4.79 Å². The first-order chi connectivity index (χ1) is 9.20. The van der Waals surface area contributed by atoms with Crippen LogP contribution in [0.4, 0.5) is 0 Å². The second kappa shape index (κ2) is 5.62. The fourth-order valence-electron chi connectivity index (χ4n) is 3.41. The number of carbonyl (C=O) groups is 1. The van der Waals surface area contributed by atoms with Crippen LogP contribution in [0.5, 0.6) is 0 Å². The van der Waals surface area contributed by atoms with Gasteiger partial charge in [-0.25, -0.2) is 0 Å². The summed E-state index contributed by atoms with van der Waals surface area (Å²) in [4.78, 5) is 14.4. The fraction of sp³-hybridized carbons (Fsp3) is 0.929. The van der Waals surface area contributed by atoms with E-state index in [1.807, 2.05) is 23.7 Å². The van der Waals surface area contributed by atoms with Crippen LogP contribution < -0.4 is 0 Å². The van der Waals surface area contributed by atoms with Crippen LogP contribution in [-0.2, 0) is 14.3 Å².